The molecule has 2 heterocycles. The van der Waals surface area contributed by atoms with Gasteiger partial charge in [-0.2, -0.15) is 0 Å². The summed E-state index contributed by atoms with van der Waals surface area (Å²) in [6, 6.07) is 11.9. The third-order valence-electron chi connectivity index (χ3n) is 5.93. The van der Waals surface area contributed by atoms with E-state index in [0.29, 0.717) is 17.9 Å². The fourth-order valence-electron chi connectivity index (χ4n) is 4.49. The number of aromatic nitrogens is 1. The molecule has 0 unspecified atom stereocenters. The Labute approximate surface area is 179 Å². The minimum absolute atomic E-state index is 0.0830. The van der Waals surface area contributed by atoms with Gasteiger partial charge in [0.15, 0.2) is 6.61 Å². The second kappa shape index (κ2) is 7.95. The molecule has 0 bridgehead atoms. The van der Waals surface area contributed by atoms with E-state index in [-0.39, 0.29) is 18.1 Å². The monoisotopic (exact) mass is 416 g/mol. The number of ether oxygens (including phenoxy) is 1. The Hall–Kier alpha value is -3.54. The number of fused-ring (bicyclic) bond motifs is 4. The number of aryl methyl sites for hydroxylation is 2. The lowest BCUT2D eigenvalue weighted by Crippen LogP contribution is -2.30. The molecular formula is C25H24N2O4. The van der Waals surface area contributed by atoms with Gasteiger partial charge in [0.25, 0.3) is 5.91 Å². The number of carbonyl (C=O) groups is 1. The van der Waals surface area contributed by atoms with E-state index >= 15 is 0 Å². The normalized spacial score (nSPS) is 12.9. The van der Waals surface area contributed by atoms with Crippen molar-refractivity contribution in [3.8, 4) is 5.75 Å². The molecule has 1 amide bonds. The van der Waals surface area contributed by atoms with Crippen molar-refractivity contribution < 1.29 is 13.9 Å². The number of benzene rings is 2. The SMILES string of the molecule is Cc1cc(OCC(=O)NCCc2c[nH]c3ccccc23)c2c3c(c(=O)oc2c1)CCC3. The van der Waals surface area contributed by atoms with Crippen molar-refractivity contribution in [2.24, 2.45) is 0 Å². The van der Waals surface area contributed by atoms with Crippen LogP contribution in [-0.2, 0) is 24.1 Å². The second-order valence-corrected chi connectivity index (χ2v) is 8.08. The molecule has 0 saturated carbocycles. The van der Waals surface area contributed by atoms with Gasteiger partial charge in [0.2, 0.25) is 0 Å². The second-order valence-electron chi connectivity index (χ2n) is 8.08. The Bertz CT molecular complexity index is 1350. The zero-order chi connectivity index (χ0) is 21.4. The number of aromatic amines is 1. The number of H-pyrrole nitrogens is 1. The molecule has 2 N–H and O–H groups in total. The third kappa shape index (κ3) is 3.69. The highest BCUT2D eigenvalue weighted by Crippen LogP contribution is 2.35. The van der Waals surface area contributed by atoms with E-state index in [1.54, 1.807) is 0 Å². The Morgan fingerprint density at radius 2 is 2.03 bits per heavy atom. The Balaban J connectivity index is 1.27. The van der Waals surface area contributed by atoms with Crippen LogP contribution in [-0.4, -0.2) is 24.0 Å². The summed E-state index contributed by atoms with van der Waals surface area (Å²) in [6.45, 7) is 2.37. The van der Waals surface area contributed by atoms with Gasteiger partial charge in [0.1, 0.15) is 11.3 Å². The molecule has 0 saturated heterocycles. The van der Waals surface area contributed by atoms with Crippen LogP contribution in [0.3, 0.4) is 0 Å². The minimum Gasteiger partial charge on any atom is -0.483 e. The highest BCUT2D eigenvalue weighted by molar-refractivity contribution is 5.89. The lowest BCUT2D eigenvalue weighted by molar-refractivity contribution is -0.123. The standard InChI is InChI=1S/C25H24N2O4/c1-15-11-21(24-18-6-4-7-19(18)25(29)31-22(24)12-15)30-14-23(28)26-10-9-16-13-27-20-8-3-2-5-17(16)20/h2-3,5,8,11-13,27H,4,6-7,9-10,14H2,1H3,(H,26,28). The molecule has 0 atom stereocenters. The van der Waals surface area contributed by atoms with E-state index in [0.717, 1.165) is 53.3 Å². The van der Waals surface area contributed by atoms with E-state index in [1.807, 2.05) is 43.5 Å². The van der Waals surface area contributed by atoms with Crippen LogP contribution in [0.4, 0.5) is 0 Å². The zero-order valence-electron chi connectivity index (χ0n) is 17.4. The third-order valence-corrected chi connectivity index (χ3v) is 5.93. The number of para-hydroxylation sites is 1. The van der Waals surface area contributed by atoms with Crippen molar-refractivity contribution in [1.82, 2.24) is 10.3 Å². The van der Waals surface area contributed by atoms with Gasteiger partial charge in [-0.25, -0.2) is 4.79 Å². The Morgan fingerprint density at radius 3 is 2.94 bits per heavy atom. The topological polar surface area (TPSA) is 84.3 Å². The summed E-state index contributed by atoms with van der Waals surface area (Å²) in [4.78, 5) is 27.9. The maximum atomic E-state index is 12.4. The lowest BCUT2D eigenvalue weighted by Gasteiger charge is -2.13. The molecule has 2 aromatic carbocycles. The number of hydrogen-bond acceptors (Lipinski definition) is 4. The predicted molar refractivity (Wildman–Crippen MR) is 120 cm³/mol. The van der Waals surface area contributed by atoms with Gasteiger partial charge in [-0.3, -0.25) is 4.79 Å². The molecule has 1 aliphatic carbocycles. The van der Waals surface area contributed by atoms with Crippen LogP contribution < -0.4 is 15.7 Å². The summed E-state index contributed by atoms with van der Waals surface area (Å²) in [5.41, 5.74) is 5.20. The van der Waals surface area contributed by atoms with E-state index < -0.39 is 0 Å². The number of nitrogens with one attached hydrogen (secondary N) is 2. The average Bonchev–Trinajstić information content (AvgIpc) is 3.40. The predicted octanol–water partition coefficient (Wildman–Crippen LogP) is 3.81. The lowest BCUT2D eigenvalue weighted by atomic mass is 10.0. The van der Waals surface area contributed by atoms with Crippen LogP contribution in [0, 0.1) is 6.92 Å². The molecule has 0 radical (unpaired) electrons. The molecule has 5 rings (SSSR count). The summed E-state index contributed by atoms with van der Waals surface area (Å²) < 4.78 is 11.4. The molecule has 6 heteroatoms. The first-order valence-corrected chi connectivity index (χ1v) is 10.6. The maximum absolute atomic E-state index is 12.4. The Morgan fingerprint density at radius 1 is 1.19 bits per heavy atom. The molecule has 1 aliphatic rings. The van der Waals surface area contributed by atoms with Crippen LogP contribution in [0.1, 0.15) is 28.7 Å². The summed E-state index contributed by atoms with van der Waals surface area (Å²) >= 11 is 0. The zero-order valence-corrected chi connectivity index (χ0v) is 17.4. The Kier molecular flexibility index (Phi) is 4.98. The number of amides is 1. The molecule has 31 heavy (non-hydrogen) atoms. The molecule has 6 nitrogen and oxygen atoms in total. The van der Waals surface area contributed by atoms with Crippen LogP contribution >= 0.6 is 0 Å². The first-order chi connectivity index (χ1) is 15.1. The molecule has 0 fully saturated rings. The highest BCUT2D eigenvalue weighted by Gasteiger charge is 2.22. The van der Waals surface area contributed by atoms with Crippen LogP contribution in [0.15, 0.2) is 51.8 Å². The van der Waals surface area contributed by atoms with E-state index in [1.165, 1.54) is 10.9 Å². The van der Waals surface area contributed by atoms with Crippen LogP contribution in [0.5, 0.6) is 5.75 Å². The van der Waals surface area contributed by atoms with Crippen molar-refractivity contribution in [1.29, 1.82) is 0 Å². The van der Waals surface area contributed by atoms with Crippen LogP contribution in [0.2, 0.25) is 0 Å². The average molecular weight is 416 g/mol. The van der Waals surface area contributed by atoms with Gasteiger partial charge in [-0.15, -0.1) is 0 Å². The molecule has 4 aromatic rings. The molecule has 158 valence electrons. The van der Waals surface area contributed by atoms with Crippen molar-refractivity contribution in [2.75, 3.05) is 13.2 Å². The first-order valence-electron chi connectivity index (χ1n) is 10.6. The molecule has 2 aromatic heterocycles. The van der Waals surface area contributed by atoms with E-state index in [4.69, 9.17) is 9.15 Å². The minimum atomic E-state index is -0.258. The fourth-order valence-corrected chi connectivity index (χ4v) is 4.49. The van der Waals surface area contributed by atoms with E-state index in [9.17, 15) is 9.59 Å². The summed E-state index contributed by atoms with van der Waals surface area (Å²) in [5.74, 6) is 0.423. The molecule has 0 spiro atoms. The summed E-state index contributed by atoms with van der Waals surface area (Å²) in [7, 11) is 0. The fraction of sp³-hybridized carbons (Fsp3) is 0.280. The summed E-state index contributed by atoms with van der Waals surface area (Å²) in [5, 5.41) is 4.93. The van der Waals surface area contributed by atoms with Gasteiger partial charge >= 0.3 is 5.63 Å². The van der Waals surface area contributed by atoms with Gasteiger partial charge < -0.3 is 19.5 Å². The molecular weight excluding hydrogens is 392 g/mol. The van der Waals surface area contributed by atoms with Crippen molar-refractivity contribution in [3.63, 3.8) is 0 Å². The van der Waals surface area contributed by atoms with Gasteiger partial charge in [-0.05, 0) is 67.5 Å². The van der Waals surface area contributed by atoms with Gasteiger partial charge in [-0.1, -0.05) is 18.2 Å². The van der Waals surface area contributed by atoms with Gasteiger partial charge in [0, 0.05) is 29.2 Å². The van der Waals surface area contributed by atoms with Crippen molar-refractivity contribution in [2.45, 2.75) is 32.6 Å². The molecule has 0 aliphatic heterocycles. The van der Waals surface area contributed by atoms with E-state index in [2.05, 4.69) is 16.4 Å². The smallest absolute Gasteiger partial charge is 0.339 e. The van der Waals surface area contributed by atoms with Crippen LogP contribution in [0.25, 0.3) is 21.9 Å². The van der Waals surface area contributed by atoms with Gasteiger partial charge in [0.05, 0.1) is 5.39 Å². The quantitative estimate of drug-likeness (QED) is 0.468. The number of rotatable bonds is 6. The largest absolute Gasteiger partial charge is 0.483 e. The summed E-state index contributed by atoms with van der Waals surface area (Å²) in [6.07, 6.45) is 5.21. The first kappa shape index (κ1) is 19.4. The maximum Gasteiger partial charge on any atom is 0.339 e. The number of carbonyl (C=O) groups excluding carboxylic acids is 1. The van der Waals surface area contributed by atoms with Crippen molar-refractivity contribution in [3.05, 3.63) is 75.3 Å². The highest BCUT2D eigenvalue weighted by atomic mass is 16.5. The van der Waals surface area contributed by atoms with Crippen molar-refractivity contribution >= 4 is 27.8 Å². The number of hydrogen-bond donors (Lipinski definition) is 2.